The monoisotopic (exact) mass is 646 g/mol. The van der Waals surface area contributed by atoms with Gasteiger partial charge in [-0.3, -0.25) is 9.59 Å². The minimum Gasteiger partial charge on any atom is -0.482 e. The maximum atomic E-state index is 13.4. The Morgan fingerprint density at radius 2 is 1.94 bits per heavy atom. The van der Waals surface area contributed by atoms with Crippen LogP contribution < -0.4 is 10.1 Å². The van der Waals surface area contributed by atoms with E-state index in [1.54, 1.807) is 49.1 Å². The van der Waals surface area contributed by atoms with Crippen LogP contribution in [0.3, 0.4) is 0 Å². The van der Waals surface area contributed by atoms with Gasteiger partial charge in [-0.15, -0.1) is 0 Å². The quantitative estimate of drug-likeness (QED) is 0.355. The number of para-hydroxylation sites is 1. The molecule has 0 spiro atoms. The van der Waals surface area contributed by atoms with Crippen molar-refractivity contribution in [3.05, 3.63) is 73.3 Å². The van der Waals surface area contributed by atoms with E-state index in [4.69, 9.17) is 33.0 Å². The third-order valence-electron chi connectivity index (χ3n) is 5.85. The Labute approximate surface area is 234 Å². The first-order valence-electron chi connectivity index (χ1n) is 11.6. The summed E-state index contributed by atoms with van der Waals surface area (Å²) in [4.78, 5) is 27.8. The number of amides is 2. The molecule has 36 heavy (non-hydrogen) atoms. The van der Waals surface area contributed by atoms with Crippen LogP contribution in [0.1, 0.15) is 25.8 Å². The lowest BCUT2D eigenvalue weighted by Gasteiger charge is -2.41. The summed E-state index contributed by atoms with van der Waals surface area (Å²) in [6.07, 6.45) is -0.320. The Hall–Kier alpha value is -1.85. The van der Waals surface area contributed by atoms with Crippen molar-refractivity contribution < 1.29 is 24.5 Å². The van der Waals surface area contributed by atoms with Gasteiger partial charge in [-0.25, -0.2) is 0 Å². The van der Waals surface area contributed by atoms with E-state index in [-0.39, 0.29) is 37.9 Å². The summed E-state index contributed by atoms with van der Waals surface area (Å²) in [6, 6.07) is 11.6. The largest absolute Gasteiger partial charge is 0.482 e. The van der Waals surface area contributed by atoms with Crippen LogP contribution in [0.15, 0.2) is 54.1 Å². The second kappa shape index (κ2) is 13.1. The van der Waals surface area contributed by atoms with Gasteiger partial charge in [-0.05, 0) is 58.5 Å². The third-order valence-corrected chi connectivity index (χ3v) is 7.33. The topological polar surface area (TPSA) is 99.1 Å². The van der Waals surface area contributed by atoms with Crippen molar-refractivity contribution in [3.8, 4) is 5.75 Å². The van der Waals surface area contributed by atoms with Crippen LogP contribution in [0.5, 0.6) is 5.75 Å². The number of aliphatic hydroxyl groups excluding tert-OH is 2. The number of ether oxygens (including phenoxy) is 1. The molecule has 0 radical (unpaired) electrons. The van der Waals surface area contributed by atoms with Crippen molar-refractivity contribution in [2.24, 2.45) is 5.92 Å². The SMILES string of the molecule is CC(C)C(=O)N(Cc1ccc(Cl)cc1Cl)[C@@H]1CC(C(=O)NCCO)=C[C@H](Oc2ccccc2I)[C@H]1O. The maximum absolute atomic E-state index is 13.4. The average Bonchev–Trinajstić information content (AvgIpc) is 2.84. The molecule has 2 aromatic carbocycles. The lowest BCUT2D eigenvalue weighted by atomic mass is 9.87. The summed E-state index contributed by atoms with van der Waals surface area (Å²) >= 11 is 14.6. The molecule has 194 valence electrons. The average molecular weight is 647 g/mol. The van der Waals surface area contributed by atoms with Crippen LogP contribution in [-0.2, 0) is 16.1 Å². The van der Waals surface area contributed by atoms with Gasteiger partial charge in [-0.2, -0.15) is 0 Å². The van der Waals surface area contributed by atoms with E-state index in [1.807, 2.05) is 18.2 Å². The molecule has 0 aromatic heterocycles. The summed E-state index contributed by atoms with van der Waals surface area (Å²) in [6.45, 7) is 3.55. The van der Waals surface area contributed by atoms with E-state index in [9.17, 15) is 14.7 Å². The summed E-state index contributed by atoms with van der Waals surface area (Å²) in [5, 5.41) is 24.1. The van der Waals surface area contributed by atoms with Crippen molar-refractivity contribution >= 4 is 57.6 Å². The molecule has 0 heterocycles. The van der Waals surface area contributed by atoms with Gasteiger partial charge in [0.25, 0.3) is 0 Å². The minimum absolute atomic E-state index is 0.0839. The normalized spacial score (nSPS) is 19.6. The van der Waals surface area contributed by atoms with Crippen LogP contribution in [0, 0.1) is 9.49 Å². The fourth-order valence-electron chi connectivity index (χ4n) is 3.99. The van der Waals surface area contributed by atoms with E-state index < -0.39 is 24.2 Å². The third kappa shape index (κ3) is 7.13. The van der Waals surface area contributed by atoms with E-state index in [1.165, 1.54) is 0 Å². The Morgan fingerprint density at radius 1 is 1.22 bits per heavy atom. The van der Waals surface area contributed by atoms with Crippen molar-refractivity contribution in [1.82, 2.24) is 10.2 Å². The molecule has 2 aromatic rings. The second-order valence-corrected chi connectivity index (χ2v) is 10.8. The summed E-state index contributed by atoms with van der Waals surface area (Å²) in [5.74, 6) is -0.402. The lowest BCUT2D eigenvalue weighted by Crippen LogP contribution is -2.55. The highest BCUT2D eigenvalue weighted by molar-refractivity contribution is 14.1. The second-order valence-electron chi connectivity index (χ2n) is 8.80. The van der Waals surface area contributed by atoms with Crippen molar-refractivity contribution in [2.45, 2.75) is 45.1 Å². The van der Waals surface area contributed by atoms with E-state index in [2.05, 4.69) is 27.9 Å². The van der Waals surface area contributed by atoms with Crippen LogP contribution in [0.25, 0.3) is 0 Å². The number of aliphatic hydroxyl groups is 2. The first-order valence-corrected chi connectivity index (χ1v) is 13.4. The molecule has 3 atom stereocenters. The fraction of sp³-hybridized carbons (Fsp3) is 0.385. The smallest absolute Gasteiger partial charge is 0.247 e. The maximum Gasteiger partial charge on any atom is 0.247 e. The zero-order valence-corrected chi connectivity index (χ0v) is 23.6. The Morgan fingerprint density at radius 3 is 2.58 bits per heavy atom. The van der Waals surface area contributed by atoms with Crippen molar-refractivity contribution in [3.63, 3.8) is 0 Å². The van der Waals surface area contributed by atoms with Gasteiger partial charge in [0, 0.05) is 41.0 Å². The number of carbonyl (C=O) groups is 2. The molecule has 3 N–H and O–H groups in total. The standard InChI is InChI=1S/C26H29Cl2IN2O5/c1-15(2)26(35)31(14-16-7-8-18(27)13-19(16)28)21-11-17(25(34)30-9-10-32)12-23(24(21)33)36-22-6-4-3-5-20(22)29/h3-8,12-13,15,21,23-24,32-33H,9-11,14H2,1-2H3,(H,30,34)/t21-,23+,24+/m1/s1. The molecule has 0 aliphatic heterocycles. The van der Waals surface area contributed by atoms with E-state index in [0.717, 1.165) is 3.57 Å². The zero-order valence-electron chi connectivity index (χ0n) is 20.0. The molecule has 0 saturated heterocycles. The highest BCUT2D eigenvalue weighted by atomic mass is 127. The first-order chi connectivity index (χ1) is 17.1. The molecule has 0 unspecified atom stereocenters. The van der Waals surface area contributed by atoms with E-state index >= 15 is 0 Å². The Kier molecular flexibility index (Phi) is 10.4. The highest BCUT2D eigenvalue weighted by Gasteiger charge is 2.41. The van der Waals surface area contributed by atoms with Gasteiger partial charge in [0.15, 0.2) is 0 Å². The van der Waals surface area contributed by atoms with Crippen LogP contribution in [0.2, 0.25) is 10.0 Å². The Bertz CT molecular complexity index is 1130. The molecule has 2 amide bonds. The molecule has 1 aliphatic carbocycles. The van der Waals surface area contributed by atoms with E-state index in [0.29, 0.717) is 26.9 Å². The van der Waals surface area contributed by atoms with Gasteiger partial charge >= 0.3 is 0 Å². The fourth-order valence-corrected chi connectivity index (χ4v) is 4.97. The van der Waals surface area contributed by atoms with Gasteiger partial charge in [0.05, 0.1) is 16.2 Å². The number of rotatable bonds is 9. The molecule has 10 heteroatoms. The highest BCUT2D eigenvalue weighted by Crippen LogP contribution is 2.32. The number of nitrogens with zero attached hydrogens (tertiary/aromatic N) is 1. The summed E-state index contributed by atoms with van der Waals surface area (Å²) < 4.78 is 6.99. The number of hydrogen-bond acceptors (Lipinski definition) is 5. The molecule has 0 saturated carbocycles. The predicted molar refractivity (Wildman–Crippen MR) is 148 cm³/mol. The predicted octanol–water partition coefficient (Wildman–Crippen LogP) is 4.20. The number of nitrogens with one attached hydrogen (secondary N) is 1. The Balaban J connectivity index is 2.00. The molecular formula is C26H29Cl2IN2O5. The van der Waals surface area contributed by atoms with Gasteiger partial charge < -0.3 is 25.2 Å². The summed E-state index contributed by atoms with van der Waals surface area (Å²) in [7, 11) is 0. The minimum atomic E-state index is -1.12. The van der Waals surface area contributed by atoms with Crippen LogP contribution in [0.4, 0.5) is 0 Å². The van der Waals surface area contributed by atoms with Crippen molar-refractivity contribution in [2.75, 3.05) is 13.2 Å². The zero-order chi connectivity index (χ0) is 26.4. The van der Waals surface area contributed by atoms with Gasteiger partial charge in [0.1, 0.15) is 18.0 Å². The van der Waals surface area contributed by atoms with Gasteiger partial charge in [-0.1, -0.05) is 55.2 Å². The van der Waals surface area contributed by atoms with Gasteiger partial charge in [0.2, 0.25) is 11.8 Å². The molecule has 7 nitrogen and oxygen atoms in total. The number of carbonyl (C=O) groups excluding carboxylic acids is 2. The molecule has 0 fully saturated rings. The molecule has 1 aliphatic rings. The molecule has 3 rings (SSSR count). The lowest BCUT2D eigenvalue weighted by molar-refractivity contribution is -0.142. The summed E-state index contributed by atoms with van der Waals surface area (Å²) in [5.41, 5.74) is 1.02. The number of halogens is 3. The number of hydrogen-bond donors (Lipinski definition) is 3. The van der Waals surface area contributed by atoms with Crippen LogP contribution in [-0.4, -0.2) is 58.3 Å². The molecular weight excluding hydrogens is 618 g/mol. The van der Waals surface area contributed by atoms with Crippen LogP contribution >= 0.6 is 45.8 Å². The number of benzene rings is 2. The van der Waals surface area contributed by atoms with Crippen molar-refractivity contribution in [1.29, 1.82) is 0 Å². The molecule has 0 bridgehead atoms. The first kappa shape index (κ1) is 28.7.